The fourth-order valence-electron chi connectivity index (χ4n) is 2.35. The second-order valence-corrected chi connectivity index (χ2v) is 5.31. The summed E-state index contributed by atoms with van der Waals surface area (Å²) < 4.78 is 1.90. The van der Waals surface area contributed by atoms with Gasteiger partial charge < -0.3 is 10.2 Å². The van der Waals surface area contributed by atoms with E-state index in [0.29, 0.717) is 11.9 Å². The maximum absolute atomic E-state index is 5.98. The predicted molar refractivity (Wildman–Crippen MR) is 81.6 cm³/mol. The third kappa shape index (κ3) is 3.81. The highest BCUT2D eigenvalue weighted by molar-refractivity contribution is 6.28. The second kappa shape index (κ2) is 6.71. The van der Waals surface area contributed by atoms with Crippen molar-refractivity contribution in [2.45, 2.75) is 25.8 Å². The van der Waals surface area contributed by atoms with Crippen LogP contribution >= 0.6 is 11.6 Å². The molecule has 0 atom stereocenters. The number of nitrogens with one attached hydrogen (secondary N) is 1. The SMILES string of the molecule is Clc1nc(NCCCn2cccn2)nc(N2CCCC2)n1. The third-order valence-corrected chi connectivity index (χ3v) is 3.56. The summed E-state index contributed by atoms with van der Waals surface area (Å²) in [5, 5.41) is 7.60. The molecule has 0 bridgehead atoms. The minimum absolute atomic E-state index is 0.237. The molecule has 0 aliphatic carbocycles. The van der Waals surface area contributed by atoms with Crippen LogP contribution in [0.4, 0.5) is 11.9 Å². The van der Waals surface area contributed by atoms with Gasteiger partial charge in [-0.3, -0.25) is 4.68 Å². The molecule has 3 heterocycles. The van der Waals surface area contributed by atoms with Crippen LogP contribution < -0.4 is 10.2 Å². The molecule has 1 saturated heterocycles. The fraction of sp³-hybridized carbons (Fsp3) is 0.538. The van der Waals surface area contributed by atoms with Gasteiger partial charge in [0.05, 0.1) is 0 Å². The molecule has 0 aromatic carbocycles. The third-order valence-electron chi connectivity index (χ3n) is 3.39. The van der Waals surface area contributed by atoms with E-state index < -0.39 is 0 Å². The van der Waals surface area contributed by atoms with Crippen molar-refractivity contribution >= 4 is 23.5 Å². The zero-order chi connectivity index (χ0) is 14.5. The minimum atomic E-state index is 0.237. The molecule has 0 unspecified atom stereocenters. The van der Waals surface area contributed by atoms with E-state index in [2.05, 4.69) is 30.3 Å². The van der Waals surface area contributed by atoms with Gasteiger partial charge in [0.15, 0.2) is 0 Å². The van der Waals surface area contributed by atoms with Crippen molar-refractivity contribution in [1.29, 1.82) is 0 Å². The Morgan fingerprint density at radius 1 is 1.19 bits per heavy atom. The van der Waals surface area contributed by atoms with E-state index in [1.54, 1.807) is 6.20 Å². The first-order valence-electron chi connectivity index (χ1n) is 7.19. The molecule has 1 aliphatic heterocycles. The van der Waals surface area contributed by atoms with E-state index in [1.807, 2.05) is 16.9 Å². The van der Waals surface area contributed by atoms with Crippen LogP contribution in [0.1, 0.15) is 19.3 Å². The lowest BCUT2D eigenvalue weighted by Crippen LogP contribution is -2.21. The van der Waals surface area contributed by atoms with Crippen molar-refractivity contribution in [3.63, 3.8) is 0 Å². The van der Waals surface area contributed by atoms with Gasteiger partial charge in [-0.15, -0.1) is 0 Å². The average molecular weight is 308 g/mol. The largest absolute Gasteiger partial charge is 0.354 e. The molecule has 21 heavy (non-hydrogen) atoms. The quantitative estimate of drug-likeness (QED) is 0.821. The van der Waals surface area contributed by atoms with Gasteiger partial charge in [-0.2, -0.15) is 20.1 Å². The number of rotatable bonds is 6. The molecule has 3 rings (SSSR count). The van der Waals surface area contributed by atoms with Crippen molar-refractivity contribution in [2.75, 3.05) is 29.9 Å². The van der Waals surface area contributed by atoms with Crippen molar-refractivity contribution in [1.82, 2.24) is 24.7 Å². The van der Waals surface area contributed by atoms with E-state index in [-0.39, 0.29) is 5.28 Å². The Kier molecular flexibility index (Phi) is 4.49. The first-order valence-corrected chi connectivity index (χ1v) is 7.57. The lowest BCUT2D eigenvalue weighted by atomic mass is 10.4. The summed E-state index contributed by atoms with van der Waals surface area (Å²) in [6.07, 6.45) is 7.02. The van der Waals surface area contributed by atoms with Gasteiger partial charge in [-0.25, -0.2) is 0 Å². The Labute approximate surface area is 128 Å². The first kappa shape index (κ1) is 14.1. The Morgan fingerprint density at radius 2 is 2.05 bits per heavy atom. The van der Waals surface area contributed by atoms with Crippen LogP contribution in [0, 0.1) is 0 Å². The van der Waals surface area contributed by atoms with Gasteiger partial charge in [-0.1, -0.05) is 0 Å². The number of nitrogens with zero attached hydrogens (tertiary/aromatic N) is 6. The topological polar surface area (TPSA) is 71.8 Å². The Bertz CT molecular complexity index is 566. The Balaban J connectivity index is 1.54. The molecule has 0 spiro atoms. The molecule has 112 valence electrons. The van der Waals surface area contributed by atoms with Crippen LogP contribution in [-0.4, -0.2) is 44.4 Å². The number of anilines is 2. The van der Waals surface area contributed by atoms with Crippen LogP contribution in [0.15, 0.2) is 18.5 Å². The van der Waals surface area contributed by atoms with E-state index in [1.165, 1.54) is 12.8 Å². The standard InChI is InChI=1S/C13H18ClN7/c14-11-17-12(15-5-3-9-21-10-4-6-16-21)19-13(18-11)20-7-1-2-8-20/h4,6,10H,1-3,5,7-9H2,(H,15,17,18,19). The summed E-state index contributed by atoms with van der Waals surface area (Å²) in [5.74, 6) is 1.21. The van der Waals surface area contributed by atoms with Crippen molar-refractivity contribution in [3.8, 4) is 0 Å². The van der Waals surface area contributed by atoms with Gasteiger partial charge in [0, 0.05) is 38.6 Å². The van der Waals surface area contributed by atoms with Crippen LogP contribution in [0.5, 0.6) is 0 Å². The summed E-state index contributed by atoms with van der Waals surface area (Å²) >= 11 is 5.98. The van der Waals surface area contributed by atoms with Crippen molar-refractivity contribution in [3.05, 3.63) is 23.7 Å². The zero-order valence-corrected chi connectivity index (χ0v) is 12.5. The van der Waals surface area contributed by atoms with Gasteiger partial charge in [-0.05, 0) is 36.9 Å². The first-order chi connectivity index (χ1) is 10.3. The van der Waals surface area contributed by atoms with Crippen molar-refractivity contribution < 1.29 is 0 Å². The van der Waals surface area contributed by atoms with Gasteiger partial charge >= 0.3 is 0 Å². The zero-order valence-electron chi connectivity index (χ0n) is 11.7. The Morgan fingerprint density at radius 3 is 2.81 bits per heavy atom. The predicted octanol–water partition coefficient (Wildman–Crippen LogP) is 1.82. The molecular formula is C13H18ClN7. The number of aromatic nitrogens is 5. The van der Waals surface area contributed by atoms with Gasteiger partial charge in [0.1, 0.15) is 0 Å². The summed E-state index contributed by atoms with van der Waals surface area (Å²) in [4.78, 5) is 14.9. The number of aryl methyl sites for hydroxylation is 1. The van der Waals surface area contributed by atoms with Gasteiger partial charge in [0.25, 0.3) is 0 Å². The lowest BCUT2D eigenvalue weighted by molar-refractivity contribution is 0.591. The Hall–Kier alpha value is -1.89. The lowest BCUT2D eigenvalue weighted by Gasteiger charge is -2.15. The molecule has 0 amide bonds. The molecule has 8 heteroatoms. The van der Waals surface area contributed by atoms with E-state index >= 15 is 0 Å². The molecule has 2 aromatic heterocycles. The maximum Gasteiger partial charge on any atom is 0.231 e. The minimum Gasteiger partial charge on any atom is -0.354 e. The molecule has 1 N–H and O–H groups in total. The highest BCUT2D eigenvalue weighted by Crippen LogP contribution is 2.18. The summed E-state index contributed by atoms with van der Waals surface area (Å²) in [5.41, 5.74) is 0. The molecule has 2 aromatic rings. The van der Waals surface area contributed by atoms with Crippen LogP contribution in [0.3, 0.4) is 0 Å². The molecule has 0 radical (unpaired) electrons. The van der Waals surface area contributed by atoms with Crippen LogP contribution in [-0.2, 0) is 6.54 Å². The molecule has 0 saturated carbocycles. The van der Waals surface area contributed by atoms with E-state index in [0.717, 1.165) is 32.6 Å². The van der Waals surface area contributed by atoms with Crippen LogP contribution in [0.2, 0.25) is 5.28 Å². The normalized spacial score (nSPS) is 14.6. The summed E-state index contributed by atoms with van der Waals surface area (Å²) in [6, 6.07) is 1.92. The van der Waals surface area contributed by atoms with Gasteiger partial charge in [0.2, 0.25) is 17.2 Å². The molecule has 1 fully saturated rings. The number of hydrogen-bond donors (Lipinski definition) is 1. The smallest absolute Gasteiger partial charge is 0.231 e. The summed E-state index contributed by atoms with van der Waals surface area (Å²) in [7, 11) is 0. The fourth-order valence-corrected chi connectivity index (χ4v) is 2.51. The monoisotopic (exact) mass is 307 g/mol. The summed E-state index contributed by atoms with van der Waals surface area (Å²) in [6.45, 7) is 3.59. The average Bonchev–Trinajstić information content (AvgIpc) is 3.16. The van der Waals surface area contributed by atoms with E-state index in [4.69, 9.17) is 11.6 Å². The number of halogens is 1. The molecule has 7 nitrogen and oxygen atoms in total. The molecule has 1 aliphatic rings. The molecular weight excluding hydrogens is 290 g/mol. The highest BCUT2D eigenvalue weighted by Gasteiger charge is 2.16. The van der Waals surface area contributed by atoms with E-state index in [9.17, 15) is 0 Å². The van der Waals surface area contributed by atoms with Crippen molar-refractivity contribution in [2.24, 2.45) is 0 Å². The maximum atomic E-state index is 5.98. The number of hydrogen-bond acceptors (Lipinski definition) is 6. The second-order valence-electron chi connectivity index (χ2n) is 4.97. The highest BCUT2D eigenvalue weighted by atomic mass is 35.5. The van der Waals surface area contributed by atoms with Crippen LogP contribution in [0.25, 0.3) is 0 Å².